The zero-order valence-corrected chi connectivity index (χ0v) is 12.4. The van der Waals surface area contributed by atoms with Crippen LogP contribution < -0.4 is 10.6 Å². The molecule has 0 bridgehead atoms. The molecular formula is C17H26N2O. The molecule has 1 aromatic carbocycles. The first-order valence-electron chi connectivity index (χ1n) is 7.82. The second-order valence-corrected chi connectivity index (χ2v) is 5.98. The molecule has 3 nitrogen and oxygen atoms in total. The lowest BCUT2D eigenvalue weighted by molar-refractivity contribution is 0.231. The van der Waals surface area contributed by atoms with Gasteiger partial charge < -0.3 is 10.6 Å². The van der Waals surface area contributed by atoms with E-state index in [-0.39, 0.29) is 6.03 Å². The van der Waals surface area contributed by atoms with Crippen LogP contribution in [0.4, 0.5) is 4.79 Å². The van der Waals surface area contributed by atoms with Crippen molar-refractivity contribution in [3.63, 3.8) is 0 Å². The van der Waals surface area contributed by atoms with Crippen molar-refractivity contribution in [1.82, 2.24) is 10.6 Å². The van der Waals surface area contributed by atoms with Gasteiger partial charge in [0.25, 0.3) is 0 Å². The molecule has 1 unspecified atom stereocenters. The third-order valence-electron chi connectivity index (χ3n) is 3.98. The zero-order chi connectivity index (χ0) is 14.2. The minimum absolute atomic E-state index is 0.00295. The fourth-order valence-corrected chi connectivity index (χ4v) is 2.84. The Morgan fingerprint density at radius 1 is 1.20 bits per heavy atom. The minimum Gasteiger partial charge on any atom is -0.338 e. The van der Waals surface area contributed by atoms with Crippen LogP contribution in [-0.2, 0) is 6.42 Å². The summed E-state index contributed by atoms with van der Waals surface area (Å²) in [6, 6.07) is 10.8. The summed E-state index contributed by atoms with van der Waals surface area (Å²) in [6.07, 6.45) is 7.07. The van der Waals surface area contributed by atoms with E-state index in [1.54, 1.807) is 0 Å². The largest absolute Gasteiger partial charge is 0.338 e. The van der Waals surface area contributed by atoms with Crippen LogP contribution in [0.25, 0.3) is 0 Å². The number of urea groups is 1. The Hall–Kier alpha value is -1.51. The lowest BCUT2D eigenvalue weighted by Crippen LogP contribution is -2.44. The molecule has 0 aliphatic heterocycles. The van der Waals surface area contributed by atoms with Gasteiger partial charge in [0.05, 0.1) is 0 Å². The number of rotatable bonds is 5. The highest BCUT2D eigenvalue weighted by Crippen LogP contribution is 2.17. The minimum atomic E-state index is -0.00295. The standard InChI is InChI=1S/C17H26N2O/c1-14(12-15-8-4-2-5-9-15)13-18-17(20)19-16-10-6-3-7-11-16/h2,4-5,8-9,14,16H,3,6-7,10-13H2,1H3,(H2,18,19,20). The maximum Gasteiger partial charge on any atom is 0.315 e. The number of carbonyl (C=O) groups is 1. The van der Waals surface area contributed by atoms with E-state index in [4.69, 9.17) is 0 Å². The normalized spacial score (nSPS) is 17.4. The molecule has 0 heterocycles. The Morgan fingerprint density at radius 2 is 1.90 bits per heavy atom. The molecule has 1 aromatic rings. The lowest BCUT2D eigenvalue weighted by Gasteiger charge is -2.23. The molecule has 0 aromatic heterocycles. The van der Waals surface area contributed by atoms with E-state index in [0.717, 1.165) is 25.8 Å². The van der Waals surface area contributed by atoms with Crippen molar-refractivity contribution in [2.45, 2.75) is 51.5 Å². The van der Waals surface area contributed by atoms with Crippen LogP contribution in [0.5, 0.6) is 0 Å². The van der Waals surface area contributed by atoms with E-state index in [1.807, 2.05) is 6.07 Å². The van der Waals surface area contributed by atoms with Crippen LogP contribution in [0.2, 0.25) is 0 Å². The number of carbonyl (C=O) groups excluding carboxylic acids is 1. The van der Waals surface area contributed by atoms with E-state index in [0.29, 0.717) is 12.0 Å². The van der Waals surface area contributed by atoms with Crippen molar-refractivity contribution in [3.8, 4) is 0 Å². The van der Waals surface area contributed by atoms with Crippen LogP contribution in [0.15, 0.2) is 30.3 Å². The van der Waals surface area contributed by atoms with Crippen LogP contribution in [-0.4, -0.2) is 18.6 Å². The van der Waals surface area contributed by atoms with Gasteiger partial charge >= 0.3 is 6.03 Å². The van der Waals surface area contributed by atoms with Gasteiger partial charge in [0, 0.05) is 12.6 Å². The number of nitrogens with one attached hydrogen (secondary N) is 2. The van der Waals surface area contributed by atoms with Gasteiger partial charge in [-0.1, -0.05) is 56.5 Å². The van der Waals surface area contributed by atoms with Crippen LogP contribution in [0, 0.1) is 5.92 Å². The molecular weight excluding hydrogens is 248 g/mol. The van der Waals surface area contributed by atoms with Crippen LogP contribution in [0.3, 0.4) is 0 Å². The Balaban J connectivity index is 1.64. The second-order valence-electron chi connectivity index (χ2n) is 5.98. The third kappa shape index (κ3) is 5.24. The van der Waals surface area contributed by atoms with E-state index in [1.165, 1.54) is 24.8 Å². The van der Waals surface area contributed by atoms with Crippen molar-refractivity contribution in [2.24, 2.45) is 5.92 Å². The molecule has 0 spiro atoms. The highest BCUT2D eigenvalue weighted by atomic mass is 16.2. The van der Waals surface area contributed by atoms with Gasteiger partial charge in [-0.2, -0.15) is 0 Å². The summed E-state index contributed by atoms with van der Waals surface area (Å²) in [6.45, 7) is 2.90. The Bertz CT molecular complexity index is 399. The highest BCUT2D eigenvalue weighted by Gasteiger charge is 2.15. The molecule has 2 rings (SSSR count). The molecule has 20 heavy (non-hydrogen) atoms. The average molecular weight is 274 g/mol. The highest BCUT2D eigenvalue weighted by molar-refractivity contribution is 5.74. The summed E-state index contributed by atoms with van der Waals surface area (Å²) in [7, 11) is 0. The number of amides is 2. The van der Waals surface area contributed by atoms with Gasteiger partial charge in [-0.3, -0.25) is 0 Å². The predicted octanol–water partition coefficient (Wildman–Crippen LogP) is 3.50. The molecule has 2 N–H and O–H groups in total. The van der Waals surface area contributed by atoms with Crippen LogP contribution in [0.1, 0.15) is 44.6 Å². The fraction of sp³-hybridized carbons (Fsp3) is 0.588. The van der Waals surface area contributed by atoms with Gasteiger partial charge in [-0.15, -0.1) is 0 Å². The molecule has 1 saturated carbocycles. The van der Waals surface area contributed by atoms with Gasteiger partial charge in [0.2, 0.25) is 0 Å². The fourth-order valence-electron chi connectivity index (χ4n) is 2.84. The molecule has 3 heteroatoms. The SMILES string of the molecule is CC(CNC(=O)NC1CCCCC1)Cc1ccccc1. The third-order valence-corrected chi connectivity index (χ3v) is 3.98. The molecule has 110 valence electrons. The maximum atomic E-state index is 11.8. The summed E-state index contributed by atoms with van der Waals surface area (Å²) in [5.41, 5.74) is 1.33. The lowest BCUT2D eigenvalue weighted by atomic mass is 9.96. The molecule has 2 amide bonds. The molecule has 1 aliphatic rings. The molecule has 1 atom stereocenters. The van der Waals surface area contributed by atoms with Gasteiger partial charge in [-0.05, 0) is 30.7 Å². The Labute approximate surface area is 122 Å². The first-order valence-corrected chi connectivity index (χ1v) is 7.82. The first kappa shape index (κ1) is 14.9. The average Bonchev–Trinajstić information content (AvgIpc) is 2.47. The van der Waals surface area contributed by atoms with Crippen molar-refractivity contribution in [2.75, 3.05) is 6.54 Å². The molecule has 1 aliphatic carbocycles. The molecule has 0 saturated heterocycles. The van der Waals surface area contributed by atoms with E-state index >= 15 is 0 Å². The number of benzene rings is 1. The van der Waals surface area contributed by atoms with E-state index in [2.05, 4.69) is 41.8 Å². The Kier molecular flexibility index (Phi) is 5.90. The second kappa shape index (κ2) is 7.93. The quantitative estimate of drug-likeness (QED) is 0.847. The topological polar surface area (TPSA) is 41.1 Å². The van der Waals surface area contributed by atoms with Crippen molar-refractivity contribution in [1.29, 1.82) is 0 Å². The van der Waals surface area contributed by atoms with E-state index < -0.39 is 0 Å². The summed E-state index contributed by atoms with van der Waals surface area (Å²) in [5, 5.41) is 6.09. The maximum absolute atomic E-state index is 11.8. The summed E-state index contributed by atoms with van der Waals surface area (Å²) in [5.74, 6) is 0.453. The van der Waals surface area contributed by atoms with Crippen molar-refractivity contribution < 1.29 is 4.79 Å². The Morgan fingerprint density at radius 3 is 2.60 bits per heavy atom. The number of hydrogen-bond acceptors (Lipinski definition) is 1. The van der Waals surface area contributed by atoms with Gasteiger partial charge in [0.1, 0.15) is 0 Å². The summed E-state index contributed by atoms with van der Waals surface area (Å²) >= 11 is 0. The monoisotopic (exact) mass is 274 g/mol. The molecule has 1 fully saturated rings. The summed E-state index contributed by atoms with van der Waals surface area (Å²) in [4.78, 5) is 11.8. The van der Waals surface area contributed by atoms with Crippen molar-refractivity contribution in [3.05, 3.63) is 35.9 Å². The molecule has 0 radical (unpaired) electrons. The van der Waals surface area contributed by atoms with E-state index in [9.17, 15) is 4.79 Å². The summed E-state index contributed by atoms with van der Waals surface area (Å²) < 4.78 is 0. The van der Waals surface area contributed by atoms with Crippen molar-refractivity contribution >= 4 is 6.03 Å². The van der Waals surface area contributed by atoms with Crippen LogP contribution >= 0.6 is 0 Å². The number of hydrogen-bond donors (Lipinski definition) is 2. The van der Waals surface area contributed by atoms with Gasteiger partial charge in [0.15, 0.2) is 0 Å². The zero-order valence-electron chi connectivity index (χ0n) is 12.4. The predicted molar refractivity (Wildman–Crippen MR) is 82.7 cm³/mol. The van der Waals surface area contributed by atoms with Gasteiger partial charge in [-0.25, -0.2) is 4.79 Å². The smallest absolute Gasteiger partial charge is 0.315 e. The first-order chi connectivity index (χ1) is 9.74.